The Balaban J connectivity index is 0.00000180. The maximum atomic E-state index is 2.27. The molecule has 0 radical (unpaired) electrons. The highest BCUT2D eigenvalue weighted by molar-refractivity contribution is 6.14. The molecular formula is C32H30Br2N2. The minimum absolute atomic E-state index is 0. The van der Waals surface area contributed by atoms with E-state index in [0.717, 1.165) is 13.1 Å². The summed E-state index contributed by atoms with van der Waals surface area (Å²) >= 11 is 0. The van der Waals surface area contributed by atoms with Crippen molar-refractivity contribution in [2.45, 2.75) is 26.9 Å². The molecule has 0 spiro atoms. The van der Waals surface area contributed by atoms with Crippen LogP contribution in [0.5, 0.6) is 0 Å². The Bertz CT molecular complexity index is 1330. The second-order valence-electron chi connectivity index (χ2n) is 8.51. The van der Waals surface area contributed by atoms with E-state index in [1.165, 1.54) is 43.8 Å². The molecule has 36 heavy (non-hydrogen) atoms. The predicted molar refractivity (Wildman–Crippen MR) is 144 cm³/mol. The molecule has 3 aromatic carbocycles. The van der Waals surface area contributed by atoms with Crippen molar-refractivity contribution < 1.29 is 43.1 Å². The first-order chi connectivity index (χ1) is 16.8. The van der Waals surface area contributed by atoms with Crippen LogP contribution >= 0.6 is 0 Å². The number of hydrogen-bond acceptors (Lipinski definition) is 0. The lowest BCUT2D eigenvalue weighted by atomic mass is 9.91. The summed E-state index contributed by atoms with van der Waals surface area (Å²) < 4.78 is 4.36. The van der Waals surface area contributed by atoms with Gasteiger partial charge in [-0.1, -0.05) is 72.8 Å². The SMILES string of the molecule is CC[n+]1ccc(C=Cc2c3ccccc3c(C=Cc3cc[n+](CC)cc3)c3ccccc23)cc1.[Br-].[Br-]. The lowest BCUT2D eigenvalue weighted by molar-refractivity contribution is -0.693. The number of nitrogens with zero attached hydrogens (tertiary/aromatic N) is 2. The van der Waals surface area contributed by atoms with Gasteiger partial charge in [0.2, 0.25) is 0 Å². The van der Waals surface area contributed by atoms with Crippen LogP contribution in [0.2, 0.25) is 0 Å². The molecule has 0 amide bonds. The molecule has 0 aliphatic carbocycles. The van der Waals surface area contributed by atoms with Gasteiger partial charge < -0.3 is 34.0 Å². The quantitative estimate of drug-likeness (QED) is 0.202. The summed E-state index contributed by atoms with van der Waals surface area (Å²) in [5.41, 5.74) is 4.93. The molecule has 2 nitrogen and oxygen atoms in total. The summed E-state index contributed by atoms with van der Waals surface area (Å²) in [4.78, 5) is 0. The molecular weight excluding hydrogens is 572 g/mol. The molecule has 0 aliphatic heterocycles. The smallest absolute Gasteiger partial charge is 0.169 e. The summed E-state index contributed by atoms with van der Waals surface area (Å²) in [6.07, 6.45) is 17.5. The van der Waals surface area contributed by atoms with Crippen molar-refractivity contribution in [3.63, 3.8) is 0 Å². The number of fused-ring (bicyclic) bond motifs is 2. The Morgan fingerprint density at radius 2 is 0.778 bits per heavy atom. The van der Waals surface area contributed by atoms with Crippen molar-refractivity contribution in [1.82, 2.24) is 0 Å². The molecule has 0 saturated heterocycles. The molecule has 2 heterocycles. The van der Waals surface area contributed by atoms with Crippen LogP contribution in [0.25, 0.3) is 45.8 Å². The molecule has 2 aromatic heterocycles. The Kier molecular flexibility index (Phi) is 9.74. The van der Waals surface area contributed by atoms with Crippen LogP contribution in [0.15, 0.2) is 97.6 Å². The molecule has 5 aromatic rings. The van der Waals surface area contributed by atoms with Crippen LogP contribution in [-0.2, 0) is 13.1 Å². The van der Waals surface area contributed by atoms with Crippen LogP contribution in [0, 0.1) is 0 Å². The predicted octanol–water partition coefficient (Wildman–Crippen LogP) is 0.957. The Hall–Kier alpha value is -3.08. The van der Waals surface area contributed by atoms with E-state index in [4.69, 9.17) is 0 Å². The van der Waals surface area contributed by atoms with Gasteiger partial charge in [-0.2, -0.15) is 0 Å². The first kappa shape index (κ1) is 27.5. The van der Waals surface area contributed by atoms with Gasteiger partial charge in [-0.15, -0.1) is 0 Å². The number of benzene rings is 3. The minimum Gasteiger partial charge on any atom is -1.00 e. The van der Waals surface area contributed by atoms with Gasteiger partial charge in [-0.25, -0.2) is 9.13 Å². The average Bonchev–Trinajstić information content (AvgIpc) is 2.91. The second kappa shape index (κ2) is 12.8. The molecule has 0 atom stereocenters. The van der Waals surface area contributed by atoms with Crippen LogP contribution < -0.4 is 43.1 Å². The van der Waals surface area contributed by atoms with Gasteiger partial charge in [0.15, 0.2) is 24.8 Å². The van der Waals surface area contributed by atoms with Gasteiger partial charge in [-0.05, 0) is 57.6 Å². The van der Waals surface area contributed by atoms with E-state index >= 15 is 0 Å². The molecule has 4 heteroatoms. The maximum absolute atomic E-state index is 2.27. The highest BCUT2D eigenvalue weighted by Crippen LogP contribution is 2.35. The first-order valence-electron chi connectivity index (χ1n) is 12.0. The number of rotatable bonds is 6. The zero-order chi connectivity index (χ0) is 23.3. The van der Waals surface area contributed by atoms with E-state index in [1.54, 1.807) is 0 Å². The zero-order valence-electron chi connectivity index (χ0n) is 20.6. The summed E-state index contributed by atoms with van der Waals surface area (Å²) in [5, 5.41) is 5.09. The van der Waals surface area contributed by atoms with Gasteiger partial charge in [0.05, 0.1) is 0 Å². The van der Waals surface area contributed by atoms with Gasteiger partial charge in [-0.3, -0.25) is 0 Å². The number of aromatic nitrogens is 2. The maximum Gasteiger partial charge on any atom is 0.169 e. The van der Waals surface area contributed by atoms with Crippen LogP contribution in [0.4, 0.5) is 0 Å². The normalized spacial score (nSPS) is 11.2. The largest absolute Gasteiger partial charge is 1.00 e. The monoisotopic (exact) mass is 600 g/mol. The number of pyridine rings is 2. The fourth-order valence-corrected chi connectivity index (χ4v) is 4.50. The van der Waals surface area contributed by atoms with Gasteiger partial charge >= 0.3 is 0 Å². The summed E-state index contributed by atoms with van der Waals surface area (Å²) in [6.45, 7) is 6.28. The molecule has 182 valence electrons. The number of aryl methyl sites for hydroxylation is 2. The van der Waals surface area contributed by atoms with Gasteiger partial charge in [0.1, 0.15) is 13.1 Å². The third kappa shape index (κ3) is 5.83. The summed E-state index contributed by atoms with van der Waals surface area (Å²) in [7, 11) is 0. The van der Waals surface area contributed by atoms with Gasteiger partial charge in [0, 0.05) is 24.3 Å². The highest BCUT2D eigenvalue weighted by Gasteiger charge is 2.10. The van der Waals surface area contributed by atoms with Crippen molar-refractivity contribution in [2.75, 3.05) is 0 Å². The Labute approximate surface area is 234 Å². The van der Waals surface area contributed by atoms with Crippen LogP contribution in [-0.4, -0.2) is 0 Å². The molecule has 0 N–H and O–H groups in total. The molecule has 0 unspecified atom stereocenters. The van der Waals surface area contributed by atoms with Crippen molar-refractivity contribution >= 4 is 45.8 Å². The highest BCUT2D eigenvalue weighted by atomic mass is 79.9. The third-order valence-electron chi connectivity index (χ3n) is 6.46. The minimum atomic E-state index is 0. The fraction of sp³-hybridized carbons (Fsp3) is 0.125. The first-order valence-corrected chi connectivity index (χ1v) is 12.0. The van der Waals surface area contributed by atoms with Crippen molar-refractivity contribution in [3.05, 3.63) is 120 Å². The van der Waals surface area contributed by atoms with E-state index in [-0.39, 0.29) is 34.0 Å². The van der Waals surface area contributed by atoms with E-state index in [2.05, 4.69) is 145 Å². The lowest BCUT2D eigenvalue weighted by Gasteiger charge is -2.13. The van der Waals surface area contributed by atoms with E-state index in [0.29, 0.717) is 0 Å². The Morgan fingerprint density at radius 3 is 1.06 bits per heavy atom. The second-order valence-corrected chi connectivity index (χ2v) is 8.51. The summed E-state index contributed by atoms with van der Waals surface area (Å²) in [5.74, 6) is 0. The van der Waals surface area contributed by atoms with Crippen LogP contribution in [0.3, 0.4) is 0 Å². The Morgan fingerprint density at radius 1 is 0.472 bits per heavy atom. The summed E-state index contributed by atoms with van der Waals surface area (Å²) in [6, 6.07) is 26.2. The van der Waals surface area contributed by atoms with Crippen molar-refractivity contribution in [3.8, 4) is 0 Å². The van der Waals surface area contributed by atoms with Gasteiger partial charge in [0.25, 0.3) is 0 Å². The average molecular weight is 602 g/mol. The third-order valence-corrected chi connectivity index (χ3v) is 6.46. The molecule has 0 aliphatic rings. The number of hydrogen-bond donors (Lipinski definition) is 0. The standard InChI is InChI=1S/C32H30N2.2BrH/c1-3-33-21-17-25(18-22-33)13-15-31-27-9-5-7-11-29(27)32(30-12-8-6-10-28(30)31)16-14-26-19-23-34(4-2)24-20-26;;/h5-24H,3-4H2,1-2H3;2*1H/q+2;;/p-2. The number of halogens is 2. The molecule has 0 bridgehead atoms. The molecule has 0 fully saturated rings. The zero-order valence-corrected chi connectivity index (χ0v) is 23.8. The molecule has 0 saturated carbocycles. The van der Waals surface area contributed by atoms with E-state index in [9.17, 15) is 0 Å². The topological polar surface area (TPSA) is 7.76 Å². The molecule has 5 rings (SSSR count). The van der Waals surface area contributed by atoms with Crippen molar-refractivity contribution in [2.24, 2.45) is 0 Å². The lowest BCUT2D eigenvalue weighted by Crippen LogP contribution is -3.00. The fourth-order valence-electron chi connectivity index (χ4n) is 4.50. The van der Waals surface area contributed by atoms with Crippen molar-refractivity contribution in [1.29, 1.82) is 0 Å². The van der Waals surface area contributed by atoms with E-state index in [1.807, 2.05) is 0 Å². The van der Waals surface area contributed by atoms with Crippen LogP contribution in [0.1, 0.15) is 36.1 Å². The van der Waals surface area contributed by atoms with E-state index < -0.39 is 0 Å².